The molecule has 1 aliphatic heterocycles. The second kappa shape index (κ2) is 10.1. The molecule has 0 spiro atoms. The number of benzene rings is 3. The van der Waals surface area contributed by atoms with Crippen molar-refractivity contribution in [1.82, 2.24) is 10.3 Å². The number of anilines is 1. The molecule has 1 amide bonds. The summed E-state index contributed by atoms with van der Waals surface area (Å²) in [6, 6.07) is 22.4. The molecule has 1 N–H and O–H groups in total. The highest BCUT2D eigenvalue weighted by atomic mass is 16.5. The third-order valence-corrected chi connectivity index (χ3v) is 5.68. The second-order valence-corrected chi connectivity index (χ2v) is 7.61. The Morgan fingerprint density at radius 1 is 1.00 bits per heavy atom. The fraction of sp³-hybridized carbons (Fsp3) is 0.280. The van der Waals surface area contributed by atoms with E-state index in [1.807, 2.05) is 42.5 Å². The summed E-state index contributed by atoms with van der Waals surface area (Å²) in [7, 11) is 1.64. The van der Waals surface area contributed by atoms with Crippen LogP contribution in [0.4, 0.5) is 5.69 Å². The molecule has 3 aromatic rings. The van der Waals surface area contributed by atoms with E-state index < -0.39 is 0 Å². The van der Waals surface area contributed by atoms with E-state index in [1.54, 1.807) is 13.3 Å². The minimum Gasteiger partial charge on any atom is -0.496 e. The molecule has 160 valence electrons. The standard InChI is InChI=1S/C25H28N4O2/c1-31-24-12-11-20-7-5-6-10-22(20)23(24)19-26-27-25(30)13-14-28-15-17-29(18-16-28)21-8-3-2-4-9-21/h2-12,19H,13-18H2,1H3,(H,27,30). The first-order chi connectivity index (χ1) is 15.2. The van der Waals surface area contributed by atoms with Crippen LogP contribution >= 0.6 is 0 Å². The fourth-order valence-electron chi connectivity index (χ4n) is 3.94. The lowest BCUT2D eigenvalue weighted by molar-refractivity contribution is -0.121. The Bertz CT molecular complexity index is 1040. The highest BCUT2D eigenvalue weighted by Gasteiger charge is 2.17. The van der Waals surface area contributed by atoms with E-state index in [-0.39, 0.29) is 5.91 Å². The van der Waals surface area contributed by atoms with Crippen molar-refractivity contribution in [2.45, 2.75) is 6.42 Å². The molecule has 4 rings (SSSR count). The number of carbonyl (C=O) groups is 1. The van der Waals surface area contributed by atoms with Gasteiger partial charge in [-0.25, -0.2) is 5.43 Å². The average Bonchev–Trinajstić information content (AvgIpc) is 2.83. The maximum Gasteiger partial charge on any atom is 0.241 e. The lowest BCUT2D eigenvalue weighted by atomic mass is 10.0. The van der Waals surface area contributed by atoms with Gasteiger partial charge in [-0.2, -0.15) is 5.10 Å². The molecule has 3 aromatic carbocycles. The van der Waals surface area contributed by atoms with E-state index in [0.29, 0.717) is 6.42 Å². The molecule has 0 saturated carbocycles. The summed E-state index contributed by atoms with van der Waals surface area (Å²) < 4.78 is 5.46. The van der Waals surface area contributed by atoms with Crippen LogP contribution in [-0.4, -0.2) is 56.9 Å². The normalized spacial score (nSPS) is 14.8. The van der Waals surface area contributed by atoms with Gasteiger partial charge in [-0.05, 0) is 29.0 Å². The Hall–Kier alpha value is -3.38. The molecule has 0 bridgehead atoms. The van der Waals surface area contributed by atoms with Gasteiger partial charge in [0, 0.05) is 50.4 Å². The summed E-state index contributed by atoms with van der Waals surface area (Å²) in [5.74, 6) is 0.647. The summed E-state index contributed by atoms with van der Waals surface area (Å²) >= 11 is 0. The molecule has 6 nitrogen and oxygen atoms in total. The predicted octanol–water partition coefficient (Wildman–Crippen LogP) is 3.51. The van der Waals surface area contributed by atoms with Crippen molar-refractivity contribution in [3.8, 4) is 5.75 Å². The molecular weight excluding hydrogens is 388 g/mol. The summed E-state index contributed by atoms with van der Waals surface area (Å²) in [5, 5.41) is 6.33. The Kier molecular flexibility index (Phi) is 6.79. The van der Waals surface area contributed by atoms with E-state index in [2.05, 4.69) is 44.6 Å². The number of amides is 1. The van der Waals surface area contributed by atoms with E-state index in [4.69, 9.17) is 4.74 Å². The van der Waals surface area contributed by atoms with E-state index in [0.717, 1.165) is 54.8 Å². The van der Waals surface area contributed by atoms with Crippen LogP contribution in [0.3, 0.4) is 0 Å². The fourth-order valence-corrected chi connectivity index (χ4v) is 3.94. The number of hydrazone groups is 1. The zero-order valence-electron chi connectivity index (χ0n) is 17.8. The van der Waals surface area contributed by atoms with Crippen molar-refractivity contribution < 1.29 is 9.53 Å². The van der Waals surface area contributed by atoms with Crippen LogP contribution < -0.4 is 15.1 Å². The number of piperazine rings is 1. The number of hydrogen-bond donors (Lipinski definition) is 1. The SMILES string of the molecule is COc1ccc2ccccc2c1C=NNC(=O)CCN1CCN(c2ccccc2)CC1. The molecule has 31 heavy (non-hydrogen) atoms. The maximum absolute atomic E-state index is 12.3. The average molecular weight is 417 g/mol. The number of nitrogens with one attached hydrogen (secondary N) is 1. The summed E-state index contributed by atoms with van der Waals surface area (Å²) in [6.45, 7) is 4.61. The van der Waals surface area contributed by atoms with Crippen LogP contribution in [0.5, 0.6) is 5.75 Å². The van der Waals surface area contributed by atoms with E-state index in [1.165, 1.54) is 5.69 Å². The Balaban J connectivity index is 1.27. The number of rotatable bonds is 7. The second-order valence-electron chi connectivity index (χ2n) is 7.61. The number of methoxy groups -OCH3 is 1. The number of ether oxygens (including phenoxy) is 1. The molecule has 0 unspecified atom stereocenters. The highest BCUT2D eigenvalue weighted by Crippen LogP contribution is 2.26. The molecule has 0 aliphatic carbocycles. The quantitative estimate of drug-likeness (QED) is 0.473. The molecule has 0 aromatic heterocycles. The van der Waals surface area contributed by atoms with Gasteiger partial charge < -0.3 is 9.64 Å². The van der Waals surface area contributed by atoms with Crippen molar-refractivity contribution in [1.29, 1.82) is 0 Å². The van der Waals surface area contributed by atoms with Crippen molar-refractivity contribution in [2.75, 3.05) is 44.7 Å². The van der Waals surface area contributed by atoms with Gasteiger partial charge in [-0.15, -0.1) is 0 Å². The molecule has 1 saturated heterocycles. The van der Waals surface area contributed by atoms with Gasteiger partial charge in [0.15, 0.2) is 0 Å². The predicted molar refractivity (Wildman–Crippen MR) is 126 cm³/mol. The minimum atomic E-state index is -0.0825. The zero-order valence-corrected chi connectivity index (χ0v) is 17.8. The van der Waals surface area contributed by atoms with E-state index >= 15 is 0 Å². The molecule has 1 fully saturated rings. The van der Waals surface area contributed by atoms with Crippen LogP contribution in [-0.2, 0) is 4.79 Å². The van der Waals surface area contributed by atoms with E-state index in [9.17, 15) is 4.79 Å². The van der Waals surface area contributed by atoms with Crippen LogP contribution in [0.2, 0.25) is 0 Å². The smallest absolute Gasteiger partial charge is 0.241 e. The van der Waals surface area contributed by atoms with Crippen molar-refractivity contribution in [3.63, 3.8) is 0 Å². The lowest BCUT2D eigenvalue weighted by Crippen LogP contribution is -2.47. The van der Waals surface area contributed by atoms with Crippen LogP contribution in [0.1, 0.15) is 12.0 Å². The van der Waals surface area contributed by atoms with Crippen molar-refractivity contribution in [2.24, 2.45) is 5.10 Å². The van der Waals surface area contributed by atoms with Crippen LogP contribution in [0.15, 0.2) is 71.8 Å². The van der Waals surface area contributed by atoms with Crippen LogP contribution in [0, 0.1) is 0 Å². The first-order valence-electron chi connectivity index (χ1n) is 10.6. The molecule has 6 heteroatoms. The first-order valence-corrected chi connectivity index (χ1v) is 10.6. The van der Waals surface area contributed by atoms with Gasteiger partial charge in [0.25, 0.3) is 0 Å². The molecule has 1 heterocycles. The van der Waals surface area contributed by atoms with Crippen molar-refractivity contribution in [3.05, 3.63) is 72.3 Å². The Labute approximate surface area is 183 Å². The first kappa shape index (κ1) is 20.9. The summed E-state index contributed by atoms with van der Waals surface area (Å²) in [6.07, 6.45) is 2.09. The summed E-state index contributed by atoms with van der Waals surface area (Å²) in [5.41, 5.74) is 4.78. The Morgan fingerprint density at radius 3 is 2.52 bits per heavy atom. The van der Waals surface area contributed by atoms with Gasteiger partial charge in [0.1, 0.15) is 5.75 Å². The largest absolute Gasteiger partial charge is 0.496 e. The number of nitrogens with zero attached hydrogens (tertiary/aromatic N) is 3. The lowest BCUT2D eigenvalue weighted by Gasteiger charge is -2.36. The maximum atomic E-state index is 12.3. The number of para-hydroxylation sites is 1. The topological polar surface area (TPSA) is 57.2 Å². The third-order valence-electron chi connectivity index (χ3n) is 5.68. The highest BCUT2D eigenvalue weighted by molar-refractivity contribution is 6.02. The number of hydrogen-bond acceptors (Lipinski definition) is 5. The van der Waals surface area contributed by atoms with Crippen molar-refractivity contribution >= 4 is 28.6 Å². The molecule has 0 atom stereocenters. The molecular formula is C25H28N4O2. The van der Waals surface area contributed by atoms with Gasteiger partial charge in [-0.1, -0.05) is 48.5 Å². The minimum absolute atomic E-state index is 0.0825. The van der Waals surface area contributed by atoms with Gasteiger partial charge in [0.2, 0.25) is 5.91 Å². The summed E-state index contributed by atoms with van der Waals surface area (Å²) in [4.78, 5) is 17.0. The van der Waals surface area contributed by atoms with Gasteiger partial charge in [-0.3, -0.25) is 9.69 Å². The monoisotopic (exact) mass is 416 g/mol. The number of fused-ring (bicyclic) bond motifs is 1. The van der Waals surface area contributed by atoms with Crippen LogP contribution in [0.25, 0.3) is 10.8 Å². The zero-order chi connectivity index (χ0) is 21.5. The van der Waals surface area contributed by atoms with Gasteiger partial charge in [0.05, 0.1) is 13.3 Å². The Morgan fingerprint density at radius 2 is 1.74 bits per heavy atom. The third kappa shape index (κ3) is 5.22. The number of carbonyl (C=O) groups excluding carboxylic acids is 1. The van der Waals surface area contributed by atoms with Gasteiger partial charge >= 0.3 is 0 Å². The molecule has 0 radical (unpaired) electrons. The molecule has 1 aliphatic rings.